The molecule has 34 heavy (non-hydrogen) atoms. The van der Waals surface area contributed by atoms with E-state index >= 15 is 0 Å². The van der Waals surface area contributed by atoms with E-state index in [1.165, 1.54) is 35.6 Å². The molecule has 0 spiro atoms. The minimum Gasteiger partial charge on any atom is -0.345 e. The molecule has 0 aliphatic heterocycles. The van der Waals surface area contributed by atoms with Crippen LogP contribution >= 0.6 is 11.3 Å². The fraction of sp³-hybridized carbons (Fsp3) is 0.357. The average molecular weight is 479 g/mol. The van der Waals surface area contributed by atoms with Crippen molar-refractivity contribution in [1.29, 1.82) is 0 Å². The number of halogens is 1. The number of hydrogen-bond donors (Lipinski definition) is 2. The summed E-state index contributed by atoms with van der Waals surface area (Å²) in [7, 11) is 0. The zero-order valence-corrected chi connectivity index (χ0v) is 20.9. The van der Waals surface area contributed by atoms with E-state index in [1.54, 1.807) is 0 Å². The second-order valence-electron chi connectivity index (χ2n) is 10.1. The van der Waals surface area contributed by atoms with Crippen LogP contribution in [0, 0.1) is 17.2 Å². The summed E-state index contributed by atoms with van der Waals surface area (Å²) in [6.07, 6.45) is 2.71. The molecule has 0 radical (unpaired) electrons. The number of thiophene rings is 1. The third kappa shape index (κ3) is 5.22. The van der Waals surface area contributed by atoms with Gasteiger partial charge >= 0.3 is 0 Å². The van der Waals surface area contributed by atoms with Gasteiger partial charge in [0, 0.05) is 10.4 Å². The minimum atomic E-state index is -0.397. The Morgan fingerprint density at radius 1 is 1.03 bits per heavy atom. The molecular weight excluding hydrogens is 447 g/mol. The number of hydrogen-bond acceptors (Lipinski definition) is 3. The Kier molecular flexibility index (Phi) is 6.89. The lowest BCUT2D eigenvalue weighted by atomic mass is 9.72. The van der Waals surface area contributed by atoms with Crippen molar-refractivity contribution < 1.29 is 14.0 Å². The molecule has 1 aromatic heterocycles. The number of nitrogens with one attached hydrogen (secondary N) is 2. The SMILES string of the molecule is CC(NC(=O)c1c(NC(=O)c2ccc(F)cc2)sc2c1CCC(C(C)(C)C)C2)c1ccccc1. The van der Waals surface area contributed by atoms with Gasteiger partial charge in [0.2, 0.25) is 0 Å². The molecule has 0 bridgehead atoms. The van der Waals surface area contributed by atoms with E-state index in [0.29, 0.717) is 22.0 Å². The van der Waals surface area contributed by atoms with Crippen LogP contribution in [0.2, 0.25) is 0 Å². The molecule has 4 nitrogen and oxygen atoms in total. The van der Waals surface area contributed by atoms with Crippen molar-refractivity contribution in [2.45, 2.75) is 53.0 Å². The smallest absolute Gasteiger partial charge is 0.256 e. The van der Waals surface area contributed by atoms with Crippen molar-refractivity contribution in [2.24, 2.45) is 11.3 Å². The molecular formula is C28H31FN2O2S. The molecule has 0 saturated carbocycles. The number of carbonyl (C=O) groups excluding carboxylic acids is 2. The highest BCUT2D eigenvalue weighted by atomic mass is 32.1. The number of carbonyl (C=O) groups is 2. The lowest BCUT2D eigenvalue weighted by molar-refractivity contribution is 0.0939. The normalized spacial score (nSPS) is 16.4. The summed E-state index contributed by atoms with van der Waals surface area (Å²) in [4.78, 5) is 27.6. The highest BCUT2D eigenvalue weighted by Crippen LogP contribution is 2.44. The van der Waals surface area contributed by atoms with Gasteiger partial charge in [-0.25, -0.2) is 4.39 Å². The Morgan fingerprint density at radius 2 is 1.71 bits per heavy atom. The summed E-state index contributed by atoms with van der Waals surface area (Å²) in [6, 6.07) is 15.1. The first-order valence-electron chi connectivity index (χ1n) is 11.7. The van der Waals surface area contributed by atoms with E-state index in [9.17, 15) is 14.0 Å². The summed E-state index contributed by atoms with van der Waals surface area (Å²) < 4.78 is 13.3. The molecule has 1 aliphatic rings. The molecule has 2 aromatic carbocycles. The maximum absolute atomic E-state index is 13.5. The van der Waals surface area contributed by atoms with Gasteiger partial charge in [-0.05, 0) is 72.9 Å². The van der Waals surface area contributed by atoms with Crippen LogP contribution < -0.4 is 10.6 Å². The van der Waals surface area contributed by atoms with E-state index < -0.39 is 5.82 Å². The Bertz CT molecular complexity index is 1180. The van der Waals surface area contributed by atoms with Crippen LogP contribution in [0.15, 0.2) is 54.6 Å². The molecule has 4 rings (SSSR count). The summed E-state index contributed by atoms with van der Waals surface area (Å²) in [5.74, 6) is -0.418. The van der Waals surface area contributed by atoms with Crippen LogP contribution in [-0.2, 0) is 12.8 Å². The molecule has 2 unspecified atom stereocenters. The van der Waals surface area contributed by atoms with Crippen LogP contribution in [0.1, 0.15) is 76.9 Å². The largest absolute Gasteiger partial charge is 0.345 e. The van der Waals surface area contributed by atoms with Crippen LogP contribution in [0.3, 0.4) is 0 Å². The van der Waals surface area contributed by atoms with E-state index in [2.05, 4.69) is 31.4 Å². The molecule has 178 valence electrons. The molecule has 1 heterocycles. The first-order valence-corrected chi connectivity index (χ1v) is 12.5. The fourth-order valence-electron chi connectivity index (χ4n) is 4.52. The van der Waals surface area contributed by atoms with E-state index in [-0.39, 0.29) is 23.3 Å². The lowest BCUT2D eigenvalue weighted by Gasteiger charge is -2.34. The second kappa shape index (κ2) is 9.71. The van der Waals surface area contributed by atoms with Crippen molar-refractivity contribution in [1.82, 2.24) is 5.32 Å². The standard InChI is InChI=1S/C28H31FN2O2S/c1-17(18-8-6-5-7-9-18)30-26(33)24-22-15-12-20(28(2,3)4)16-23(22)34-27(24)31-25(32)19-10-13-21(29)14-11-19/h5-11,13-14,17,20H,12,15-16H2,1-4H3,(H,30,33)(H,31,32). The quantitative estimate of drug-likeness (QED) is 0.425. The molecule has 2 amide bonds. The van der Waals surface area contributed by atoms with Gasteiger partial charge in [0.25, 0.3) is 11.8 Å². The van der Waals surface area contributed by atoms with Crippen molar-refractivity contribution >= 4 is 28.2 Å². The summed E-state index contributed by atoms with van der Waals surface area (Å²) in [6.45, 7) is 8.71. The maximum Gasteiger partial charge on any atom is 0.256 e. The number of anilines is 1. The molecule has 1 aliphatic carbocycles. The number of fused-ring (bicyclic) bond motifs is 1. The van der Waals surface area contributed by atoms with E-state index in [1.807, 2.05) is 37.3 Å². The van der Waals surface area contributed by atoms with Gasteiger partial charge in [-0.2, -0.15) is 0 Å². The Hall–Kier alpha value is -2.99. The molecule has 6 heteroatoms. The van der Waals surface area contributed by atoms with Crippen LogP contribution in [0.4, 0.5) is 9.39 Å². The maximum atomic E-state index is 13.5. The molecule has 2 N–H and O–H groups in total. The zero-order valence-electron chi connectivity index (χ0n) is 20.1. The fourth-order valence-corrected chi connectivity index (χ4v) is 5.84. The topological polar surface area (TPSA) is 58.2 Å². The van der Waals surface area contributed by atoms with Crippen LogP contribution in [0.25, 0.3) is 0 Å². The zero-order chi connectivity index (χ0) is 24.5. The highest BCUT2D eigenvalue weighted by Gasteiger charge is 2.34. The molecule has 0 saturated heterocycles. The highest BCUT2D eigenvalue weighted by molar-refractivity contribution is 7.17. The van der Waals surface area contributed by atoms with Crippen molar-refractivity contribution in [3.63, 3.8) is 0 Å². The predicted molar refractivity (Wildman–Crippen MR) is 136 cm³/mol. The third-order valence-corrected chi connectivity index (χ3v) is 7.87. The predicted octanol–water partition coefficient (Wildman–Crippen LogP) is 6.78. The molecule has 0 fully saturated rings. The van der Waals surface area contributed by atoms with Gasteiger partial charge in [0.1, 0.15) is 10.8 Å². The van der Waals surface area contributed by atoms with Gasteiger partial charge in [0.05, 0.1) is 11.6 Å². The first kappa shape index (κ1) is 24.1. The monoisotopic (exact) mass is 478 g/mol. The second-order valence-corrected chi connectivity index (χ2v) is 11.2. The van der Waals surface area contributed by atoms with Crippen molar-refractivity contribution in [3.8, 4) is 0 Å². The average Bonchev–Trinajstić information content (AvgIpc) is 3.16. The van der Waals surface area contributed by atoms with Gasteiger partial charge in [-0.1, -0.05) is 51.1 Å². The van der Waals surface area contributed by atoms with Crippen molar-refractivity contribution in [3.05, 3.63) is 87.5 Å². The number of rotatable bonds is 5. The summed E-state index contributed by atoms with van der Waals surface area (Å²) in [5.41, 5.74) is 3.14. The van der Waals surface area contributed by atoms with E-state index in [0.717, 1.165) is 35.3 Å². The van der Waals surface area contributed by atoms with Gasteiger partial charge in [-0.15, -0.1) is 11.3 Å². The molecule has 3 aromatic rings. The summed E-state index contributed by atoms with van der Waals surface area (Å²) >= 11 is 1.49. The van der Waals surface area contributed by atoms with E-state index in [4.69, 9.17) is 0 Å². The minimum absolute atomic E-state index is 0.170. The van der Waals surface area contributed by atoms with Crippen LogP contribution in [-0.4, -0.2) is 11.8 Å². The van der Waals surface area contributed by atoms with Gasteiger partial charge in [0.15, 0.2) is 0 Å². The summed E-state index contributed by atoms with van der Waals surface area (Å²) in [5, 5.41) is 6.63. The lowest BCUT2D eigenvalue weighted by Crippen LogP contribution is -2.30. The Balaban J connectivity index is 1.65. The van der Waals surface area contributed by atoms with Gasteiger partial charge < -0.3 is 10.6 Å². The first-order chi connectivity index (χ1) is 16.1. The Labute approximate surface area is 204 Å². The van der Waals surface area contributed by atoms with Gasteiger partial charge in [-0.3, -0.25) is 9.59 Å². The molecule has 2 atom stereocenters. The Morgan fingerprint density at radius 3 is 2.35 bits per heavy atom. The van der Waals surface area contributed by atoms with Crippen molar-refractivity contribution in [2.75, 3.05) is 5.32 Å². The third-order valence-electron chi connectivity index (χ3n) is 6.70. The van der Waals surface area contributed by atoms with Crippen LogP contribution in [0.5, 0.6) is 0 Å². The number of benzene rings is 2. The number of amides is 2.